The molecule has 0 saturated carbocycles. The number of carbonyl (C=O) groups excluding carboxylic acids is 1. The highest BCUT2D eigenvalue weighted by atomic mass is 16.1. The topological polar surface area (TPSA) is 34.9 Å². The van der Waals surface area contributed by atoms with E-state index >= 15 is 0 Å². The minimum atomic E-state index is 0.622. The Bertz CT molecular complexity index is 295. The molecule has 0 aliphatic rings. The molecule has 0 aliphatic heterocycles. The van der Waals surface area contributed by atoms with E-state index in [0.29, 0.717) is 5.56 Å². The molecule has 0 unspecified atom stereocenters. The lowest BCUT2D eigenvalue weighted by Crippen LogP contribution is -1.94. The number of aromatic nitrogens is 2. The van der Waals surface area contributed by atoms with Crippen LogP contribution >= 0.6 is 0 Å². The SMILES string of the molecule is CC(C)=CCn1cc(C=O)cn1. The lowest BCUT2D eigenvalue weighted by atomic mass is 10.3. The fourth-order valence-corrected chi connectivity index (χ4v) is 0.816. The summed E-state index contributed by atoms with van der Waals surface area (Å²) >= 11 is 0. The summed E-state index contributed by atoms with van der Waals surface area (Å²) in [5, 5.41) is 4.00. The van der Waals surface area contributed by atoms with E-state index in [-0.39, 0.29) is 0 Å². The molecule has 0 aromatic carbocycles. The van der Waals surface area contributed by atoms with E-state index in [1.54, 1.807) is 17.1 Å². The fourth-order valence-electron chi connectivity index (χ4n) is 0.816. The van der Waals surface area contributed by atoms with Gasteiger partial charge in [0.2, 0.25) is 0 Å². The first-order valence-electron chi connectivity index (χ1n) is 3.83. The van der Waals surface area contributed by atoms with Crippen LogP contribution in [-0.4, -0.2) is 16.1 Å². The second-order valence-corrected chi connectivity index (χ2v) is 2.90. The maximum absolute atomic E-state index is 10.3. The standard InChI is InChI=1S/C9H12N2O/c1-8(2)3-4-11-6-9(7-12)5-10-11/h3,5-7H,4H2,1-2H3. The normalized spacial score (nSPS) is 9.50. The van der Waals surface area contributed by atoms with Crippen molar-refractivity contribution >= 4 is 6.29 Å². The molecule has 12 heavy (non-hydrogen) atoms. The zero-order chi connectivity index (χ0) is 8.97. The minimum Gasteiger partial charge on any atom is -0.298 e. The third-order valence-corrected chi connectivity index (χ3v) is 1.48. The van der Waals surface area contributed by atoms with Gasteiger partial charge in [0.25, 0.3) is 0 Å². The monoisotopic (exact) mass is 164 g/mol. The average molecular weight is 164 g/mol. The molecule has 1 rings (SSSR count). The minimum absolute atomic E-state index is 0.622. The predicted octanol–water partition coefficient (Wildman–Crippen LogP) is 1.66. The Hall–Kier alpha value is -1.38. The molecule has 0 saturated heterocycles. The van der Waals surface area contributed by atoms with Crippen LogP contribution in [0.15, 0.2) is 24.0 Å². The molecule has 1 aromatic rings. The average Bonchev–Trinajstić information content (AvgIpc) is 2.48. The molecule has 64 valence electrons. The first-order valence-corrected chi connectivity index (χ1v) is 3.83. The van der Waals surface area contributed by atoms with Crippen LogP contribution in [0.1, 0.15) is 24.2 Å². The molecular formula is C9H12N2O. The summed E-state index contributed by atoms with van der Waals surface area (Å²) in [7, 11) is 0. The van der Waals surface area contributed by atoms with Gasteiger partial charge in [0.1, 0.15) is 0 Å². The van der Waals surface area contributed by atoms with Gasteiger partial charge in [-0.2, -0.15) is 5.10 Å². The van der Waals surface area contributed by atoms with E-state index in [4.69, 9.17) is 0 Å². The van der Waals surface area contributed by atoms with E-state index in [9.17, 15) is 4.79 Å². The summed E-state index contributed by atoms with van der Waals surface area (Å²) in [5.74, 6) is 0. The van der Waals surface area contributed by atoms with Gasteiger partial charge < -0.3 is 0 Å². The molecular weight excluding hydrogens is 152 g/mol. The van der Waals surface area contributed by atoms with Crippen molar-refractivity contribution in [3.8, 4) is 0 Å². The van der Waals surface area contributed by atoms with Gasteiger partial charge in [0.15, 0.2) is 6.29 Å². The van der Waals surface area contributed by atoms with Gasteiger partial charge in [-0.15, -0.1) is 0 Å². The molecule has 1 aromatic heterocycles. The van der Waals surface area contributed by atoms with Crippen molar-refractivity contribution in [2.45, 2.75) is 20.4 Å². The largest absolute Gasteiger partial charge is 0.298 e. The lowest BCUT2D eigenvalue weighted by molar-refractivity contribution is 0.112. The number of rotatable bonds is 3. The number of carbonyl (C=O) groups is 1. The molecule has 0 amide bonds. The van der Waals surface area contributed by atoms with Crippen molar-refractivity contribution in [3.63, 3.8) is 0 Å². The molecule has 0 radical (unpaired) electrons. The van der Waals surface area contributed by atoms with Gasteiger partial charge in [0, 0.05) is 6.20 Å². The molecule has 0 atom stereocenters. The summed E-state index contributed by atoms with van der Waals surface area (Å²) in [6, 6.07) is 0. The Labute approximate surface area is 71.7 Å². The van der Waals surface area contributed by atoms with Gasteiger partial charge in [-0.3, -0.25) is 9.48 Å². The van der Waals surface area contributed by atoms with Crippen molar-refractivity contribution in [2.75, 3.05) is 0 Å². The Morgan fingerprint density at radius 2 is 2.42 bits per heavy atom. The van der Waals surface area contributed by atoms with Gasteiger partial charge in [-0.05, 0) is 13.8 Å². The molecule has 3 nitrogen and oxygen atoms in total. The fraction of sp³-hybridized carbons (Fsp3) is 0.333. The quantitative estimate of drug-likeness (QED) is 0.503. The number of nitrogens with zero attached hydrogens (tertiary/aromatic N) is 2. The van der Waals surface area contributed by atoms with Crippen LogP contribution in [0.4, 0.5) is 0 Å². The smallest absolute Gasteiger partial charge is 0.153 e. The highest BCUT2D eigenvalue weighted by Crippen LogP contribution is 1.95. The third-order valence-electron chi connectivity index (χ3n) is 1.48. The van der Waals surface area contributed by atoms with Crippen LogP contribution in [0.3, 0.4) is 0 Å². The zero-order valence-electron chi connectivity index (χ0n) is 7.32. The highest BCUT2D eigenvalue weighted by Gasteiger charge is 1.93. The molecule has 1 heterocycles. The molecule has 0 bridgehead atoms. The first kappa shape index (κ1) is 8.71. The Morgan fingerprint density at radius 3 is 2.92 bits per heavy atom. The van der Waals surface area contributed by atoms with E-state index in [1.807, 2.05) is 13.8 Å². The van der Waals surface area contributed by atoms with Gasteiger partial charge >= 0.3 is 0 Å². The number of allylic oxidation sites excluding steroid dienone is 2. The number of hydrogen-bond acceptors (Lipinski definition) is 2. The van der Waals surface area contributed by atoms with E-state index in [1.165, 1.54) is 5.57 Å². The van der Waals surface area contributed by atoms with Crippen LogP contribution in [0.5, 0.6) is 0 Å². The van der Waals surface area contributed by atoms with Gasteiger partial charge in [0.05, 0.1) is 18.3 Å². The van der Waals surface area contributed by atoms with Crippen molar-refractivity contribution in [2.24, 2.45) is 0 Å². The summed E-state index contributed by atoms with van der Waals surface area (Å²) in [5.41, 5.74) is 1.87. The number of hydrogen-bond donors (Lipinski definition) is 0. The second-order valence-electron chi connectivity index (χ2n) is 2.90. The van der Waals surface area contributed by atoms with Crippen LogP contribution in [-0.2, 0) is 6.54 Å². The van der Waals surface area contributed by atoms with Gasteiger partial charge in [-0.1, -0.05) is 11.6 Å². The maximum Gasteiger partial charge on any atom is 0.153 e. The first-order chi connectivity index (χ1) is 5.72. The predicted molar refractivity (Wildman–Crippen MR) is 47.0 cm³/mol. The van der Waals surface area contributed by atoms with E-state index in [0.717, 1.165) is 12.8 Å². The molecule has 3 heteroatoms. The summed E-state index contributed by atoms with van der Waals surface area (Å²) in [6.07, 6.45) is 6.14. The van der Waals surface area contributed by atoms with Crippen LogP contribution in [0.2, 0.25) is 0 Å². The Balaban J connectivity index is 2.64. The van der Waals surface area contributed by atoms with Crippen molar-refractivity contribution < 1.29 is 4.79 Å². The zero-order valence-corrected chi connectivity index (χ0v) is 7.32. The molecule has 0 aliphatic carbocycles. The lowest BCUT2D eigenvalue weighted by Gasteiger charge is -1.94. The van der Waals surface area contributed by atoms with E-state index < -0.39 is 0 Å². The molecule has 0 spiro atoms. The Kier molecular flexibility index (Phi) is 2.80. The van der Waals surface area contributed by atoms with Crippen LogP contribution in [0.25, 0.3) is 0 Å². The van der Waals surface area contributed by atoms with Crippen LogP contribution in [0, 0.1) is 0 Å². The summed E-state index contributed by atoms with van der Waals surface area (Å²) in [4.78, 5) is 10.3. The van der Waals surface area contributed by atoms with E-state index in [2.05, 4.69) is 11.2 Å². The molecule has 0 N–H and O–H groups in total. The maximum atomic E-state index is 10.3. The second kappa shape index (κ2) is 3.85. The number of aldehydes is 1. The highest BCUT2D eigenvalue weighted by molar-refractivity contribution is 5.73. The third kappa shape index (κ3) is 2.34. The van der Waals surface area contributed by atoms with Crippen molar-refractivity contribution in [3.05, 3.63) is 29.6 Å². The van der Waals surface area contributed by atoms with Crippen molar-refractivity contribution in [1.82, 2.24) is 9.78 Å². The van der Waals surface area contributed by atoms with Crippen LogP contribution < -0.4 is 0 Å². The van der Waals surface area contributed by atoms with Crippen molar-refractivity contribution in [1.29, 1.82) is 0 Å². The molecule has 0 fully saturated rings. The summed E-state index contributed by atoms with van der Waals surface area (Å²) < 4.78 is 1.73. The summed E-state index contributed by atoms with van der Waals surface area (Å²) in [6.45, 7) is 4.80. The Morgan fingerprint density at radius 1 is 1.67 bits per heavy atom. The van der Waals surface area contributed by atoms with Gasteiger partial charge in [-0.25, -0.2) is 0 Å².